The summed E-state index contributed by atoms with van der Waals surface area (Å²) in [7, 11) is 1.73. The summed E-state index contributed by atoms with van der Waals surface area (Å²) >= 11 is 0. The highest BCUT2D eigenvalue weighted by molar-refractivity contribution is 14.0. The number of nitrogens with one attached hydrogen (secondary N) is 2. The standard InChI is InChI=1S/C15H22N4O2.HI/c1-3-11-17-15(16-2)18-12-5-4-6-13-7-9-14(10-8-13)19(20)21;/h3,7-10H,1,4-6,11-12H2,2H3,(H2,16,17,18);1H. The Hall–Kier alpha value is -1.64. The normalized spacial score (nSPS) is 10.5. The van der Waals surface area contributed by atoms with Crippen molar-refractivity contribution >= 4 is 35.6 Å². The van der Waals surface area contributed by atoms with E-state index < -0.39 is 0 Å². The van der Waals surface area contributed by atoms with Gasteiger partial charge in [0.1, 0.15) is 0 Å². The number of non-ortho nitro benzene ring substituents is 1. The van der Waals surface area contributed by atoms with Crippen LogP contribution in [0.25, 0.3) is 0 Å². The molecule has 1 aromatic carbocycles. The van der Waals surface area contributed by atoms with Gasteiger partial charge in [-0.2, -0.15) is 0 Å². The molecule has 0 saturated carbocycles. The number of halogens is 1. The number of aryl methyl sites for hydroxylation is 1. The number of benzene rings is 1. The van der Waals surface area contributed by atoms with Crippen molar-refractivity contribution in [3.8, 4) is 0 Å². The van der Waals surface area contributed by atoms with Gasteiger partial charge in [-0.15, -0.1) is 30.6 Å². The van der Waals surface area contributed by atoms with Crippen molar-refractivity contribution in [1.29, 1.82) is 0 Å². The molecule has 6 nitrogen and oxygen atoms in total. The van der Waals surface area contributed by atoms with Crippen LogP contribution in [0.4, 0.5) is 5.69 Å². The molecule has 0 radical (unpaired) electrons. The van der Waals surface area contributed by atoms with E-state index in [0.29, 0.717) is 6.54 Å². The van der Waals surface area contributed by atoms with Gasteiger partial charge in [0, 0.05) is 32.3 Å². The second-order valence-electron chi connectivity index (χ2n) is 4.55. The molecule has 1 aromatic rings. The Morgan fingerprint density at radius 3 is 2.55 bits per heavy atom. The number of aliphatic imine (C=N–C) groups is 1. The van der Waals surface area contributed by atoms with E-state index in [-0.39, 0.29) is 34.6 Å². The number of guanidine groups is 1. The molecule has 0 fully saturated rings. The molecule has 2 N–H and O–H groups in total. The number of rotatable bonds is 8. The molecule has 0 aliphatic rings. The lowest BCUT2D eigenvalue weighted by molar-refractivity contribution is -0.384. The minimum absolute atomic E-state index is 0. The summed E-state index contributed by atoms with van der Waals surface area (Å²) in [6, 6.07) is 6.73. The van der Waals surface area contributed by atoms with Crippen LogP contribution in [0.2, 0.25) is 0 Å². The average Bonchev–Trinajstić information content (AvgIpc) is 2.50. The van der Waals surface area contributed by atoms with Crippen LogP contribution in [0.5, 0.6) is 0 Å². The molecule has 0 atom stereocenters. The van der Waals surface area contributed by atoms with Crippen molar-refractivity contribution in [2.24, 2.45) is 4.99 Å². The third-order valence-electron chi connectivity index (χ3n) is 2.97. The zero-order valence-electron chi connectivity index (χ0n) is 12.7. The second-order valence-corrected chi connectivity index (χ2v) is 4.55. The van der Waals surface area contributed by atoms with Crippen molar-refractivity contribution in [1.82, 2.24) is 10.6 Å². The SMILES string of the molecule is C=CCNC(=NC)NCCCCc1ccc([N+](=O)[O-])cc1.I. The Bertz CT molecular complexity index is 489. The minimum Gasteiger partial charge on any atom is -0.356 e. The molecule has 122 valence electrons. The first-order chi connectivity index (χ1) is 10.2. The van der Waals surface area contributed by atoms with Crippen LogP contribution < -0.4 is 10.6 Å². The third kappa shape index (κ3) is 7.96. The molecule has 7 heteroatoms. The summed E-state index contributed by atoms with van der Waals surface area (Å²) in [4.78, 5) is 14.3. The quantitative estimate of drug-likeness (QED) is 0.129. The van der Waals surface area contributed by atoms with E-state index in [1.54, 1.807) is 25.3 Å². The average molecular weight is 418 g/mol. The maximum atomic E-state index is 10.6. The fraction of sp³-hybridized carbons (Fsp3) is 0.400. The van der Waals surface area contributed by atoms with Gasteiger partial charge in [-0.3, -0.25) is 15.1 Å². The van der Waals surface area contributed by atoms with Crippen LogP contribution in [0.15, 0.2) is 41.9 Å². The van der Waals surface area contributed by atoms with Crippen molar-refractivity contribution in [3.05, 3.63) is 52.6 Å². The summed E-state index contributed by atoms with van der Waals surface area (Å²) in [6.07, 6.45) is 4.72. The molecular formula is C15H23IN4O2. The first-order valence-electron chi connectivity index (χ1n) is 6.96. The molecule has 22 heavy (non-hydrogen) atoms. The maximum Gasteiger partial charge on any atom is 0.269 e. The smallest absolute Gasteiger partial charge is 0.269 e. The van der Waals surface area contributed by atoms with E-state index in [1.165, 1.54) is 0 Å². The molecular weight excluding hydrogens is 395 g/mol. The molecule has 0 heterocycles. The molecule has 0 aliphatic carbocycles. The fourth-order valence-electron chi connectivity index (χ4n) is 1.83. The van der Waals surface area contributed by atoms with Crippen LogP contribution in [-0.4, -0.2) is 31.0 Å². The van der Waals surface area contributed by atoms with Gasteiger partial charge in [0.2, 0.25) is 0 Å². The Labute approximate surface area is 148 Å². The number of hydrogen-bond donors (Lipinski definition) is 2. The van der Waals surface area contributed by atoms with Crippen molar-refractivity contribution in [2.75, 3.05) is 20.1 Å². The van der Waals surface area contributed by atoms with Gasteiger partial charge in [0.05, 0.1) is 4.92 Å². The highest BCUT2D eigenvalue weighted by Gasteiger charge is 2.03. The molecule has 1 rings (SSSR count). The Morgan fingerprint density at radius 1 is 1.32 bits per heavy atom. The van der Waals surface area contributed by atoms with E-state index >= 15 is 0 Å². The highest BCUT2D eigenvalue weighted by Crippen LogP contribution is 2.13. The molecule has 0 bridgehead atoms. The van der Waals surface area contributed by atoms with Crippen molar-refractivity contribution in [3.63, 3.8) is 0 Å². The lowest BCUT2D eigenvalue weighted by atomic mass is 10.1. The summed E-state index contributed by atoms with van der Waals surface area (Å²) in [5.41, 5.74) is 1.26. The van der Waals surface area contributed by atoms with Gasteiger partial charge in [-0.25, -0.2) is 0 Å². The number of hydrogen-bond acceptors (Lipinski definition) is 3. The Balaban J connectivity index is 0.00000441. The summed E-state index contributed by atoms with van der Waals surface area (Å²) in [6.45, 7) is 5.16. The minimum atomic E-state index is -0.379. The molecule has 0 amide bonds. The van der Waals surface area contributed by atoms with Crippen LogP contribution in [0, 0.1) is 10.1 Å². The fourth-order valence-corrected chi connectivity index (χ4v) is 1.83. The largest absolute Gasteiger partial charge is 0.356 e. The van der Waals surface area contributed by atoms with Crippen molar-refractivity contribution in [2.45, 2.75) is 19.3 Å². The molecule has 0 aromatic heterocycles. The van der Waals surface area contributed by atoms with E-state index in [4.69, 9.17) is 0 Å². The number of nitro groups is 1. The molecule has 0 unspecified atom stereocenters. The summed E-state index contributed by atoms with van der Waals surface area (Å²) in [5, 5.41) is 16.9. The van der Waals surface area contributed by atoms with E-state index in [1.807, 2.05) is 12.1 Å². The third-order valence-corrected chi connectivity index (χ3v) is 2.97. The lowest BCUT2D eigenvalue weighted by Crippen LogP contribution is -2.37. The van der Waals surface area contributed by atoms with Gasteiger partial charge in [-0.05, 0) is 24.8 Å². The number of nitrogens with zero attached hydrogens (tertiary/aromatic N) is 2. The van der Waals surface area contributed by atoms with Crippen LogP contribution >= 0.6 is 24.0 Å². The molecule has 0 saturated heterocycles. The number of nitro benzene ring substituents is 1. The van der Waals surface area contributed by atoms with Crippen molar-refractivity contribution < 1.29 is 4.92 Å². The first kappa shape index (κ1) is 20.4. The zero-order chi connectivity index (χ0) is 15.5. The monoisotopic (exact) mass is 418 g/mol. The van der Waals surface area contributed by atoms with Crippen LogP contribution in [0.3, 0.4) is 0 Å². The van der Waals surface area contributed by atoms with Crippen LogP contribution in [-0.2, 0) is 6.42 Å². The Kier molecular flexibility index (Phi) is 11.1. The van der Waals surface area contributed by atoms with Gasteiger partial charge in [0.25, 0.3) is 5.69 Å². The van der Waals surface area contributed by atoms with Gasteiger partial charge < -0.3 is 10.6 Å². The predicted octanol–water partition coefficient (Wildman–Crippen LogP) is 2.89. The maximum absolute atomic E-state index is 10.6. The topological polar surface area (TPSA) is 79.6 Å². The zero-order valence-corrected chi connectivity index (χ0v) is 15.1. The number of unbranched alkanes of at least 4 members (excludes halogenated alkanes) is 1. The molecule has 0 aliphatic heterocycles. The van der Waals surface area contributed by atoms with E-state index in [0.717, 1.165) is 37.3 Å². The summed E-state index contributed by atoms with van der Waals surface area (Å²) in [5.74, 6) is 0.769. The van der Waals surface area contributed by atoms with Gasteiger partial charge >= 0.3 is 0 Å². The first-order valence-corrected chi connectivity index (χ1v) is 6.96. The van der Waals surface area contributed by atoms with Gasteiger partial charge in [-0.1, -0.05) is 18.2 Å². The van der Waals surface area contributed by atoms with Crippen LogP contribution in [0.1, 0.15) is 18.4 Å². The summed E-state index contributed by atoms with van der Waals surface area (Å²) < 4.78 is 0. The highest BCUT2D eigenvalue weighted by atomic mass is 127. The Morgan fingerprint density at radius 2 is 2.00 bits per heavy atom. The van der Waals surface area contributed by atoms with E-state index in [2.05, 4.69) is 22.2 Å². The lowest BCUT2D eigenvalue weighted by Gasteiger charge is -2.10. The second kappa shape index (κ2) is 12.0. The predicted molar refractivity (Wildman–Crippen MR) is 101 cm³/mol. The molecule has 0 spiro atoms. The van der Waals surface area contributed by atoms with Gasteiger partial charge in [0.15, 0.2) is 5.96 Å². The van der Waals surface area contributed by atoms with E-state index in [9.17, 15) is 10.1 Å².